The third kappa shape index (κ3) is 3.96. The molecule has 0 bridgehead atoms. The minimum atomic E-state index is -0.210. The van der Waals surface area contributed by atoms with Gasteiger partial charge >= 0.3 is 0 Å². The maximum atomic E-state index is 12.8. The lowest BCUT2D eigenvalue weighted by molar-refractivity contribution is 0.0783. The number of halogens is 1. The molecule has 0 saturated heterocycles. The lowest BCUT2D eigenvalue weighted by Crippen LogP contribution is -2.26. The van der Waals surface area contributed by atoms with Crippen LogP contribution in [0.25, 0.3) is 0 Å². The topological polar surface area (TPSA) is 57.2 Å². The molecular formula is C19H22ClNO5. The Kier molecular flexibility index (Phi) is 6.58. The number of hydrogen-bond acceptors (Lipinski definition) is 5. The van der Waals surface area contributed by atoms with Crippen molar-refractivity contribution in [2.45, 2.75) is 6.54 Å². The zero-order valence-electron chi connectivity index (χ0n) is 15.5. The first-order valence-electron chi connectivity index (χ1n) is 7.83. The van der Waals surface area contributed by atoms with Crippen LogP contribution in [-0.2, 0) is 6.54 Å². The highest BCUT2D eigenvalue weighted by Crippen LogP contribution is 2.36. The molecule has 2 rings (SSSR count). The van der Waals surface area contributed by atoms with Crippen LogP contribution in [0.3, 0.4) is 0 Å². The maximum absolute atomic E-state index is 12.8. The molecule has 0 aromatic heterocycles. The number of carbonyl (C=O) groups excluding carboxylic acids is 1. The summed E-state index contributed by atoms with van der Waals surface area (Å²) >= 11 is 6.20. The van der Waals surface area contributed by atoms with Gasteiger partial charge in [-0.15, -0.1) is 0 Å². The van der Waals surface area contributed by atoms with Crippen molar-refractivity contribution >= 4 is 17.5 Å². The van der Waals surface area contributed by atoms with E-state index < -0.39 is 0 Å². The van der Waals surface area contributed by atoms with Crippen molar-refractivity contribution in [3.63, 3.8) is 0 Å². The Morgan fingerprint density at radius 1 is 0.962 bits per heavy atom. The number of para-hydroxylation sites is 1. The third-order valence-electron chi connectivity index (χ3n) is 3.92. The molecule has 2 aromatic rings. The van der Waals surface area contributed by atoms with E-state index in [0.717, 1.165) is 5.56 Å². The minimum absolute atomic E-state index is 0.210. The SMILES string of the molecule is COc1cc(C(=O)N(C)Cc2cccc(OC)c2OC)cc(Cl)c1OC. The van der Waals surface area contributed by atoms with Crippen LogP contribution < -0.4 is 18.9 Å². The summed E-state index contributed by atoms with van der Waals surface area (Å²) in [7, 11) is 7.82. The normalized spacial score (nSPS) is 10.2. The van der Waals surface area contributed by atoms with Gasteiger partial charge < -0.3 is 23.8 Å². The molecule has 0 fully saturated rings. The summed E-state index contributed by atoms with van der Waals surface area (Å²) in [6.45, 7) is 0.338. The molecule has 2 aromatic carbocycles. The van der Waals surface area contributed by atoms with Crippen LogP contribution in [0.4, 0.5) is 0 Å². The summed E-state index contributed by atoms with van der Waals surface area (Å²) in [5.41, 5.74) is 1.23. The predicted octanol–water partition coefficient (Wildman–Crippen LogP) is 3.65. The fourth-order valence-electron chi connectivity index (χ4n) is 2.67. The molecule has 0 heterocycles. The van der Waals surface area contributed by atoms with Gasteiger partial charge in [0.2, 0.25) is 0 Å². The zero-order valence-corrected chi connectivity index (χ0v) is 16.2. The van der Waals surface area contributed by atoms with Crippen molar-refractivity contribution in [3.8, 4) is 23.0 Å². The van der Waals surface area contributed by atoms with Crippen molar-refractivity contribution < 1.29 is 23.7 Å². The second kappa shape index (κ2) is 8.67. The Morgan fingerprint density at radius 3 is 2.19 bits per heavy atom. The monoisotopic (exact) mass is 379 g/mol. The van der Waals surface area contributed by atoms with Crippen LogP contribution >= 0.6 is 11.6 Å². The molecule has 6 nitrogen and oxygen atoms in total. The van der Waals surface area contributed by atoms with Crippen molar-refractivity contribution in [1.29, 1.82) is 0 Å². The van der Waals surface area contributed by atoms with E-state index >= 15 is 0 Å². The number of methoxy groups -OCH3 is 4. The van der Waals surface area contributed by atoms with E-state index in [4.69, 9.17) is 30.5 Å². The van der Waals surface area contributed by atoms with Gasteiger partial charge in [-0.3, -0.25) is 4.79 Å². The first kappa shape index (κ1) is 19.7. The Balaban J connectivity index is 2.30. The fraction of sp³-hybridized carbons (Fsp3) is 0.316. The molecule has 0 radical (unpaired) electrons. The summed E-state index contributed by atoms with van der Waals surface area (Å²) < 4.78 is 21.2. The van der Waals surface area contributed by atoms with Gasteiger partial charge in [0.05, 0.1) is 33.5 Å². The molecule has 0 spiro atoms. The van der Waals surface area contributed by atoms with Crippen LogP contribution in [0, 0.1) is 0 Å². The number of hydrogen-bond donors (Lipinski definition) is 0. The van der Waals surface area contributed by atoms with Gasteiger partial charge in [-0.25, -0.2) is 0 Å². The van der Waals surface area contributed by atoms with Gasteiger partial charge in [0, 0.05) is 24.7 Å². The number of amides is 1. The second-order valence-electron chi connectivity index (χ2n) is 5.51. The van der Waals surface area contributed by atoms with Crippen LogP contribution in [0.1, 0.15) is 15.9 Å². The molecule has 0 aliphatic carbocycles. The molecule has 0 atom stereocenters. The quantitative estimate of drug-likeness (QED) is 0.735. The number of ether oxygens (including phenoxy) is 4. The molecule has 140 valence electrons. The Morgan fingerprint density at radius 2 is 1.62 bits per heavy atom. The Labute approximate surface area is 158 Å². The molecule has 0 unspecified atom stereocenters. The van der Waals surface area contributed by atoms with E-state index in [1.54, 1.807) is 44.4 Å². The second-order valence-corrected chi connectivity index (χ2v) is 5.91. The van der Waals surface area contributed by atoms with Crippen LogP contribution in [-0.4, -0.2) is 46.3 Å². The summed E-state index contributed by atoms with van der Waals surface area (Å²) in [6, 6.07) is 8.70. The average Bonchev–Trinajstić information content (AvgIpc) is 2.66. The van der Waals surface area contributed by atoms with Crippen LogP contribution in [0.15, 0.2) is 30.3 Å². The number of rotatable bonds is 7. The number of carbonyl (C=O) groups is 1. The molecule has 0 N–H and O–H groups in total. The summed E-state index contributed by atoms with van der Waals surface area (Å²) in [5, 5.41) is 0.308. The standard InChI is InChI=1S/C19H22ClNO5/c1-21(11-12-7-6-8-15(23-2)17(12)25-4)19(22)13-9-14(20)18(26-5)16(10-13)24-3/h6-10H,11H2,1-5H3. The molecule has 0 saturated carbocycles. The number of nitrogens with zero attached hydrogens (tertiary/aromatic N) is 1. The average molecular weight is 380 g/mol. The molecule has 0 aliphatic rings. The molecule has 1 amide bonds. The van der Waals surface area contributed by atoms with Gasteiger partial charge in [0.25, 0.3) is 5.91 Å². The smallest absolute Gasteiger partial charge is 0.254 e. The van der Waals surface area contributed by atoms with Gasteiger partial charge in [-0.2, -0.15) is 0 Å². The van der Waals surface area contributed by atoms with Crippen LogP contribution in [0.5, 0.6) is 23.0 Å². The van der Waals surface area contributed by atoms with E-state index in [0.29, 0.717) is 40.1 Å². The first-order valence-corrected chi connectivity index (χ1v) is 8.21. The Bertz CT molecular complexity index is 794. The minimum Gasteiger partial charge on any atom is -0.493 e. The van der Waals surface area contributed by atoms with E-state index in [2.05, 4.69) is 0 Å². The predicted molar refractivity (Wildman–Crippen MR) is 99.9 cm³/mol. The number of benzene rings is 2. The Hall–Kier alpha value is -2.60. The van der Waals surface area contributed by atoms with Gasteiger partial charge in [-0.05, 0) is 18.2 Å². The van der Waals surface area contributed by atoms with Crippen molar-refractivity contribution in [3.05, 3.63) is 46.5 Å². The fourth-order valence-corrected chi connectivity index (χ4v) is 2.96. The highest BCUT2D eigenvalue weighted by molar-refractivity contribution is 6.32. The lowest BCUT2D eigenvalue weighted by Gasteiger charge is -2.21. The van der Waals surface area contributed by atoms with Crippen molar-refractivity contribution in [2.75, 3.05) is 35.5 Å². The third-order valence-corrected chi connectivity index (χ3v) is 4.20. The van der Waals surface area contributed by atoms with E-state index in [1.165, 1.54) is 14.2 Å². The maximum Gasteiger partial charge on any atom is 0.254 e. The van der Waals surface area contributed by atoms with Gasteiger partial charge in [-0.1, -0.05) is 23.7 Å². The highest BCUT2D eigenvalue weighted by atomic mass is 35.5. The van der Waals surface area contributed by atoms with Gasteiger partial charge in [0.15, 0.2) is 23.0 Å². The highest BCUT2D eigenvalue weighted by Gasteiger charge is 2.20. The summed E-state index contributed by atoms with van der Waals surface area (Å²) in [5.74, 6) is 1.79. The summed E-state index contributed by atoms with van der Waals surface area (Å²) in [6.07, 6.45) is 0. The summed E-state index contributed by atoms with van der Waals surface area (Å²) in [4.78, 5) is 14.4. The van der Waals surface area contributed by atoms with Gasteiger partial charge in [0.1, 0.15) is 0 Å². The largest absolute Gasteiger partial charge is 0.493 e. The molecule has 26 heavy (non-hydrogen) atoms. The molecular weight excluding hydrogens is 358 g/mol. The molecule has 7 heteroatoms. The van der Waals surface area contributed by atoms with Crippen LogP contribution in [0.2, 0.25) is 5.02 Å². The first-order chi connectivity index (χ1) is 12.5. The van der Waals surface area contributed by atoms with Crippen molar-refractivity contribution in [1.82, 2.24) is 4.90 Å². The lowest BCUT2D eigenvalue weighted by atomic mass is 10.1. The van der Waals surface area contributed by atoms with Crippen molar-refractivity contribution in [2.24, 2.45) is 0 Å². The van der Waals surface area contributed by atoms with E-state index in [1.807, 2.05) is 12.1 Å². The van der Waals surface area contributed by atoms with E-state index in [9.17, 15) is 4.79 Å². The van der Waals surface area contributed by atoms with E-state index in [-0.39, 0.29) is 5.91 Å². The zero-order chi connectivity index (χ0) is 19.3. The molecule has 0 aliphatic heterocycles.